The third-order valence-electron chi connectivity index (χ3n) is 6.85. The zero-order valence-corrected chi connectivity index (χ0v) is 22.4. The molecule has 0 unspecified atom stereocenters. The van der Waals surface area contributed by atoms with E-state index in [-0.39, 0.29) is 17.5 Å². The van der Waals surface area contributed by atoms with Gasteiger partial charge < -0.3 is 10.6 Å². The van der Waals surface area contributed by atoms with Gasteiger partial charge >= 0.3 is 5.69 Å². The van der Waals surface area contributed by atoms with Gasteiger partial charge in [-0.1, -0.05) is 31.2 Å². The number of fused-ring (bicyclic) bond motifs is 1. The molecule has 0 saturated carbocycles. The van der Waals surface area contributed by atoms with Crippen LogP contribution >= 0.6 is 0 Å². The molecule has 0 aliphatic carbocycles. The third-order valence-corrected chi connectivity index (χ3v) is 6.85. The van der Waals surface area contributed by atoms with Crippen LogP contribution in [-0.2, 0) is 20.5 Å². The van der Waals surface area contributed by atoms with E-state index < -0.39 is 0 Å². The fourth-order valence-electron chi connectivity index (χ4n) is 4.86. The van der Waals surface area contributed by atoms with Gasteiger partial charge in [0.2, 0.25) is 0 Å². The van der Waals surface area contributed by atoms with Crippen molar-refractivity contribution < 1.29 is 9.59 Å². The molecule has 0 fully saturated rings. The number of carbonyl (C=O) groups excluding carboxylic acids is 2. The van der Waals surface area contributed by atoms with E-state index >= 15 is 0 Å². The van der Waals surface area contributed by atoms with Gasteiger partial charge in [0, 0.05) is 44.2 Å². The summed E-state index contributed by atoms with van der Waals surface area (Å²) in [6, 6.07) is 18.4. The Morgan fingerprint density at radius 2 is 1.67 bits per heavy atom. The molecule has 0 radical (unpaired) electrons. The number of aromatic nitrogens is 5. The zero-order chi connectivity index (χ0) is 27.8. The molecule has 5 rings (SSSR count). The summed E-state index contributed by atoms with van der Waals surface area (Å²) in [6.45, 7) is 3.93. The number of hydrogen-bond donors (Lipinski definition) is 2. The number of hydrogen-bond acceptors (Lipinski definition) is 5. The minimum absolute atomic E-state index is 0.191. The van der Waals surface area contributed by atoms with Gasteiger partial charge in [-0.2, -0.15) is 10.2 Å². The Morgan fingerprint density at radius 3 is 2.36 bits per heavy atom. The molecule has 0 aliphatic heterocycles. The molecule has 39 heavy (non-hydrogen) atoms. The highest BCUT2D eigenvalue weighted by atomic mass is 16.2. The number of amides is 2. The number of anilines is 1. The van der Waals surface area contributed by atoms with Crippen molar-refractivity contribution in [1.29, 1.82) is 0 Å². The van der Waals surface area contributed by atoms with Crippen molar-refractivity contribution in [3.63, 3.8) is 0 Å². The lowest BCUT2D eigenvalue weighted by molar-refractivity contribution is 0.0961. The van der Waals surface area contributed by atoms with E-state index in [1.807, 2.05) is 50.2 Å². The molecule has 0 atom stereocenters. The lowest BCUT2D eigenvalue weighted by Crippen LogP contribution is -2.22. The molecule has 2 amide bonds. The summed E-state index contributed by atoms with van der Waals surface area (Å²) in [5.74, 6) is 0.0910. The zero-order valence-electron chi connectivity index (χ0n) is 22.4. The summed E-state index contributed by atoms with van der Waals surface area (Å²) < 4.78 is 4.64. The van der Waals surface area contributed by atoms with Gasteiger partial charge in [-0.25, -0.2) is 14.0 Å². The highest BCUT2D eigenvalue weighted by molar-refractivity contribution is 6.13. The fourth-order valence-corrected chi connectivity index (χ4v) is 4.86. The molecular weight excluding hydrogens is 494 g/mol. The standard InChI is InChI=1S/C29H29N7O3/c1-6-24-32-35(5)29(39)36(24)21-12-10-18(11-13-21)22-14-15-23-25(17(22)2)26(33-34(23)4)28(38)31-20-9-7-8-19(16-20)27(37)30-3/h7-16H,6H2,1-5H3,(H,30,37)(H,31,38). The van der Waals surface area contributed by atoms with Crippen LogP contribution in [-0.4, -0.2) is 43.0 Å². The maximum absolute atomic E-state index is 13.4. The number of carbonyl (C=O) groups is 2. The monoisotopic (exact) mass is 523 g/mol. The fraction of sp³-hybridized carbons (Fsp3) is 0.207. The molecule has 0 spiro atoms. The first-order valence-electron chi connectivity index (χ1n) is 12.6. The molecule has 0 saturated heterocycles. The Balaban J connectivity index is 1.52. The van der Waals surface area contributed by atoms with E-state index in [2.05, 4.69) is 20.8 Å². The molecule has 3 aromatic carbocycles. The van der Waals surface area contributed by atoms with Gasteiger partial charge in [0.25, 0.3) is 11.8 Å². The lowest BCUT2D eigenvalue weighted by Gasteiger charge is -2.11. The van der Waals surface area contributed by atoms with Crippen molar-refractivity contribution in [1.82, 2.24) is 29.4 Å². The van der Waals surface area contributed by atoms with Crippen LogP contribution in [0.25, 0.3) is 27.7 Å². The second-order valence-corrected chi connectivity index (χ2v) is 9.28. The van der Waals surface area contributed by atoms with E-state index in [1.54, 1.807) is 54.7 Å². The Kier molecular flexibility index (Phi) is 6.61. The molecule has 198 valence electrons. The smallest absolute Gasteiger partial charge is 0.350 e. The first kappa shape index (κ1) is 25.7. The molecule has 2 aromatic heterocycles. The molecule has 2 N–H and O–H groups in total. The molecule has 10 heteroatoms. The van der Waals surface area contributed by atoms with Gasteiger partial charge in [0.15, 0.2) is 5.69 Å². The van der Waals surface area contributed by atoms with Crippen LogP contribution in [0.1, 0.15) is 39.2 Å². The minimum Gasteiger partial charge on any atom is -0.355 e. The second-order valence-electron chi connectivity index (χ2n) is 9.28. The average Bonchev–Trinajstić information content (AvgIpc) is 3.44. The minimum atomic E-state index is -0.367. The molecule has 0 aliphatic rings. The summed E-state index contributed by atoms with van der Waals surface area (Å²) in [4.78, 5) is 38.0. The second kappa shape index (κ2) is 10.1. The lowest BCUT2D eigenvalue weighted by atomic mass is 9.96. The van der Waals surface area contributed by atoms with Gasteiger partial charge in [-0.15, -0.1) is 0 Å². The Morgan fingerprint density at radius 1 is 0.923 bits per heavy atom. The van der Waals surface area contributed by atoms with Crippen molar-refractivity contribution in [2.24, 2.45) is 14.1 Å². The number of benzene rings is 3. The van der Waals surface area contributed by atoms with Gasteiger partial charge in [-0.3, -0.25) is 14.3 Å². The van der Waals surface area contributed by atoms with Crippen LogP contribution in [0.5, 0.6) is 0 Å². The highest BCUT2D eigenvalue weighted by Gasteiger charge is 2.21. The van der Waals surface area contributed by atoms with Crippen LogP contribution in [0, 0.1) is 6.92 Å². The molecule has 10 nitrogen and oxygen atoms in total. The van der Waals surface area contributed by atoms with Crippen molar-refractivity contribution in [3.05, 3.63) is 93.8 Å². The number of aryl methyl sites for hydroxylation is 4. The largest absolute Gasteiger partial charge is 0.355 e. The average molecular weight is 524 g/mol. The predicted molar refractivity (Wildman–Crippen MR) is 150 cm³/mol. The van der Waals surface area contributed by atoms with Crippen molar-refractivity contribution in [3.8, 4) is 16.8 Å². The van der Waals surface area contributed by atoms with Crippen LogP contribution in [0.15, 0.2) is 65.5 Å². The maximum Gasteiger partial charge on any atom is 0.350 e. The predicted octanol–water partition coefficient (Wildman–Crippen LogP) is 3.61. The summed E-state index contributed by atoms with van der Waals surface area (Å²) >= 11 is 0. The molecular formula is C29H29N7O3. The quantitative estimate of drug-likeness (QED) is 0.353. The van der Waals surface area contributed by atoms with E-state index in [0.29, 0.717) is 29.2 Å². The third kappa shape index (κ3) is 4.50. The first-order chi connectivity index (χ1) is 18.7. The van der Waals surface area contributed by atoms with E-state index in [4.69, 9.17) is 0 Å². The number of rotatable bonds is 6. The van der Waals surface area contributed by atoms with E-state index in [0.717, 1.165) is 33.3 Å². The highest BCUT2D eigenvalue weighted by Crippen LogP contribution is 2.32. The molecule has 0 bridgehead atoms. The van der Waals surface area contributed by atoms with Gasteiger partial charge in [-0.05, 0) is 60.0 Å². The van der Waals surface area contributed by atoms with Crippen LogP contribution < -0.4 is 16.3 Å². The summed E-state index contributed by atoms with van der Waals surface area (Å²) in [5, 5.41) is 15.0. The summed E-state index contributed by atoms with van der Waals surface area (Å²) in [5.41, 5.74) is 5.43. The van der Waals surface area contributed by atoms with Crippen LogP contribution in [0.4, 0.5) is 5.69 Å². The van der Waals surface area contributed by atoms with Crippen LogP contribution in [0.2, 0.25) is 0 Å². The van der Waals surface area contributed by atoms with E-state index in [9.17, 15) is 14.4 Å². The molecule has 5 aromatic rings. The van der Waals surface area contributed by atoms with Gasteiger partial charge in [0.05, 0.1) is 11.2 Å². The van der Waals surface area contributed by atoms with Crippen molar-refractivity contribution in [2.45, 2.75) is 20.3 Å². The molecule has 2 heterocycles. The van der Waals surface area contributed by atoms with Crippen LogP contribution in [0.3, 0.4) is 0 Å². The number of nitrogens with one attached hydrogen (secondary N) is 2. The summed E-state index contributed by atoms with van der Waals surface area (Å²) in [7, 11) is 5.00. The Labute approximate surface area is 224 Å². The SMILES string of the molecule is CCc1nn(C)c(=O)n1-c1ccc(-c2ccc3c(c(C(=O)Nc4cccc(C(=O)NC)c4)nn3C)c2C)cc1. The first-order valence-corrected chi connectivity index (χ1v) is 12.6. The summed E-state index contributed by atoms with van der Waals surface area (Å²) in [6.07, 6.45) is 0.634. The van der Waals surface area contributed by atoms with E-state index in [1.165, 1.54) is 4.68 Å². The Bertz CT molecular complexity index is 1790. The van der Waals surface area contributed by atoms with Crippen molar-refractivity contribution in [2.75, 3.05) is 12.4 Å². The van der Waals surface area contributed by atoms with Gasteiger partial charge in [0.1, 0.15) is 5.82 Å². The Hall–Kier alpha value is -4.99. The van der Waals surface area contributed by atoms with Crippen molar-refractivity contribution >= 4 is 28.4 Å². The normalized spacial score (nSPS) is 11.1. The topological polar surface area (TPSA) is 116 Å². The maximum atomic E-state index is 13.4. The number of nitrogens with zero attached hydrogens (tertiary/aromatic N) is 5.